The fraction of sp³-hybridized carbons (Fsp3) is 0.889. The molecule has 0 fully saturated rings. The van der Waals surface area contributed by atoms with Crippen LogP contribution in [0.2, 0.25) is 0 Å². The first-order valence-electron chi connectivity index (χ1n) is 4.20. The number of aliphatic hydroxyl groups excluding tert-OH is 1. The second kappa shape index (κ2) is 6.18. The predicted molar refractivity (Wildman–Crippen MR) is 44.9 cm³/mol. The maximum Gasteiger partial charge on any atom is 0.0621 e. The third kappa shape index (κ3) is 4.80. The molecule has 0 heterocycles. The summed E-state index contributed by atoms with van der Waals surface area (Å²) in [7, 11) is 0. The van der Waals surface area contributed by atoms with E-state index < -0.39 is 0 Å². The van der Waals surface area contributed by atoms with Crippen LogP contribution < -0.4 is 0 Å². The number of nitriles is 1. The molecule has 2 heteroatoms. The highest BCUT2D eigenvalue weighted by atomic mass is 16.3. The van der Waals surface area contributed by atoms with Crippen LogP contribution in [0.1, 0.15) is 33.1 Å². The highest BCUT2D eigenvalue weighted by molar-refractivity contribution is 4.73. The molecule has 0 aromatic carbocycles. The molecule has 0 rings (SSSR count). The third-order valence-corrected chi connectivity index (χ3v) is 2.07. The summed E-state index contributed by atoms with van der Waals surface area (Å²) in [5, 5.41) is 17.1. The van der Waals surface area contributed by atoms with Gasteiger partial charge in [-0.25, -0.2) is 0 Å². The minimum Gasteiger partial charge on any atom is -0.396 e. The molecule has 0 amide bonds. The molecule has 0 saturated heterocycles. The molecule has 0 radical (unpaired) electrons. The molecule has 1 atom stereocenters. The van der Waals surface area contributed by atoms with Crippen LogP contribution in [0.4, 0.5) is 0 Å². The zero-order valence-corrected chi connectivity index (χ0v) is 7.38. The highest BCUT2D eigenvalue weighted by Gasteiger charge is 2.11. The smallest absolute Gasteiger partial charge is 0.0621 e. The fourth-order valence-electron chi connectivity index (χ4n) is 1.23. The minimum absolute atomic E-state index is 0.244. The summed E-state index contributed by atoms with van der Waals surface area (Å²) >= 11 is 0. The van der Waals surface area contributed by atoms with Gasteiger partial charge < -0.3 is 5.11 Å². The molecule has 11 heavy (non-hydrogen) atoms. The highest BCUT2D eigenvalue weighted by Crippen LogP contribution is 2.19. The van der Waals surface area contributed by atoms with E-state index in [1.54, 1.807) is 0 Å². The lowest BCUT2D eigenvalue weighted by Crippen LogP contribution is -2.10. The normalized spacial score (nSPS) is 13.0. The lowest BCUT2D eigenvalue weighted by molar-refractivity contribution is 0.225. The number of hydrogen-bond acceptors (Lipinski definition) is 2. The Kier molecular flexibility index (Phi) is 5.87. The Balaban J connectivity index is 3.62. The first-order chi connectivity index (χ1) is 5.22. The van der Waals surface area contributed by atoms with Crippen molar-refractivity contribution in [3.8, 4) is 6.07 Å². The summed E-state index contributed by atoms with van der Waals surface area (Å²) in [6, 6.07) is 2.13. The van der Waals surface area contributed by atoms with E-state index in [-0.39, 0.29) is 6.61 Å². The summed E-state index contributed by atoms with van der Waals surface area (Å²) in [4.78, 5) is 0. The van der Waals surface area contributed by atoms with Crippen molar-refractivity contribution in [3.63, 3.8) is 0 Å². The summed E-state index contributed by atoms with van der Waals surface area (Å²) in [6.07, 6.45) is 2.37. The number of nitrogens with zero attached hydrogens (tertiary/aromatic N) is 1. The molecule has 0 aromatic rings. The topological polar surface area (TPSA) is 44.0 Å². The average Bonchev–Trinajstić information content (AvgIpc) is 1.97. The van der Waals surface area contributed by atoms with E-state index in [0.717, 1.165) is 12.8 Å². The quantitative estimate of drug-likeness (QED) is 0.659. The Labute approximate surface area is 68.8 Å². The van der Waals surface area contributed by atoms with Crippen molar-refractivity contribution >= 4 is 0 Å². The number of hydrogen-bond donors (Lipinski definition) is 1. The average molecular weight is 155 g/mol. The zero-order chi connectivity index (χ0) is 8.69. The van der Waals surface area contributed by atoms with E-state index >= 15 is 0 Å². The summed E-state index contributed by atoms with van der Waals surface area (Å²) in [5.41, 5.74) is 0. The van der Waals surface area contributed by atoms with Crippen LogP contribution in [0.3, 0.4) is 0 Å². The van der Waals surface area contributed by atoms with Crippen molar-refractivity contribution < 1.29 is 5.11 Å². The lowest BCUT2D eigenvalue weighted by Gasteiger charge is -2.17. The lowest BCUT2D eigenvalue weighted by atomic mass is 9.89. The molecule has 64 valence electrons. The molecule has 0 spiro atoms. The van der Waals surface area contributed by atoms with E-state index in [9.17, 15) is 0 Å². The Hall–Kier alpha value is -0.550. The largest absolute Gasteiger partial charge is 0.396 e. The summed E-state index contributed by atoms with van der Waals surface area (Å²) < 4.78 is 0. The van der Waals surface area contributed by atoms with Crippen molar-refractivity contribution in [3.05, 3.63) is 0 Å². The van der Waals surface area contributed by atoms with E-state index in [1.807, 2.05) is 0 Å². The van der Waals surface area contributed by atoms with Gasteiger partial charge in [0.25, 0.3) is 0 Å². The van der Waals surface area contributed by atoms with Gasteiger partial charge >= 0.3 is 0 Å². The molecule has 0 aromatic heterocycles. The Morgan fingerprint density at radius 3 is 2.36 bits per heavy atom. The SMILES string of the molecule is CC(C)[C@H](CCO)CCC#N. The Morgan fingerprint density at radius 2 is 2.00 bits per heavy atom. The van der Waals surface area contributed by atoms with Gasteiger partial charge in [0.05, 0.1) is 6.07 Å². The van der Waals surface area contributed by atoms with Gasteiger partial charge in [-0.15, -0.1) is 0 Å². The molecule has 0 bridgehead atoms. The molecule has 1 N–H and O–H groups in total. The van der Waals surface area contributed by atoms with Gasteiger partial charge in [-0.05, 0) is 24.7 Å². The van der Waals surface area contributed by atoms with E-state index in [0.29, 0.717) is 18.3 Å². The second-order valence-corrected chi connectivity index (χ2v) is 3.21. The molecular weight excluding hydrogens is 138 g/mol. The molecule has 0 aliphatic carbocycles. The molecule has 0 aliphatic heterocycles. The van der Waals surface area contributed by atoms with Crippen LogP contribution in [0.25, 0.3) is 0 Å². The number of rotatable bonds is 5. The van der Waals surface area contributed by atoms with Gasteiger partial charge in [-0.2, -0.15) is 5.26 Å². The van der Waals surface area contributed by atoms with Crippen molar-refractivity contribution in [1.29, 1.82) is 5.26 Å². The van der Waals surface area contributed by atoms with Crippen LogP contribution in [-0.4, -0.2) is 11.7 Å². The first-order valence-corrected chi connectivity index (χ1v) is 4.20. The Morgan fingerprint density at radius 1 is 1.36 bits per heavy atom. The van der Waals surface area contributed by atoms with Gasteiger partial charge in [0.2, 0.25) is 0 Å². The Bertz CT molecular complexity index is 126. The van der Waals surface area contributed by atoms with Gasteiger partial charge in [0.15, 0.2) is 0 Å². The maximum absolute atomic E-state index is 8.70. The fourth-order valence-corrected chi connectivity index (χ4v) is 1.23. The van der Waals surface area contributed by atoms with Gasteiger partial charge in [0, 0.05) is 13.0 Å². The van der Waals surface area contributed by atoms with E-state index in [4.69, 9.17) is 10.4 Å². The van der Waals surface area contributed by atoms with Crippen molar-refractivity contribution in [2.45, 2.75) is 33.1 Å². The monoisotopic (exact) mass is 155 g/mol. The molecule has 0 aliphatic rings. The number of aliphatic hydroxyl groups is 1. The van der Waals surface area contributed by atoms with Crippen LogP contribution >= 0.6 is 0 Å². The van der Waals surface area contributed by atoms with Crippen molar-refractivity contribution in [2.24, 2.45) is 11.8 Å². The summed E-state index contributed by atoms with van der Waals surface area (Å²) in [5.74, 6) is 1.09. The van der Waals surface area contributed by atoms with Crippen molar-refractivity contribution in [1.82, 2.24) is 0 Å². The van der Waals surface area contributed by atoms with Crippen LogP contribution in [-0.2, 0) is 0 Å². The predicted octanol–water partition coefficient (Wildman–Crippen LogP) is 1.94. The zero-order valence-electron chi connectivity index (χ0n) is 7.38. The van der Waals surface area contributed by atoms with Gasteiger partial charge in [-0.3, -0.25) is 0 Å². The first kappa shape index (κ1) is 10.4. The minimum atomic E-state index is 0.244. The molecule has 0 saturated carbocycles. The van der Waals surface area contributed by atoms with Crippen LogP contribution in [0.15, 0.2) is 0 Å². The molecule has 0 unspecified atom stereocenters. The van der Waals surface area contributed by atoms with Crippen LogP contribution in [0, 0.1) is 23.2 Å². The summed E-state index contributed by atoms with van der Waals surface area (Å²) in [6.45, 7) is 4.52. The third-order valence-electron chi connectivity index (χ3n) is 2.07. The van der Waals surface area contributed by atoms with E-state index in [1.165, 1.54) is 0 Å². The van der Waals surface area contributed by atoms with Gasteiger partial charge in [-0.1, -0.05) is 13.8 Å². The standard InChI is InChI=1S/C9H17NO/c1-8(2)9(5-7-11)4-3-6-10/h8-9,11H,3-5,7H2,1-2H3/t9-/m0/s1. The maximum atomic E-state index is 8.70. The second-order valence-electron chi connectivity index (χ2n) is 3.21. The van der Waals surface area contributed by atoms with Crippen LogP contribution in [0.5, 0.6) is 0 Å². The van der Waals surface area contributed by atoms with Crippen molar-refractivity contribution in [2.75, 3.05) is 6.61 Å². The molecular formula is C9H17NO. The van der Waals surface area contributed by atoms with E-state index in [2.05, 4.69) is 19.9 Å². The molecule has 2 nitrogen and oxygen atoms in total. The van der Waals surface area contributed by atoms with Gasteiger partial charge in [0.1, 0.15) is 0 Å².